The minimum Gasteiger partial charge on any atom is -0.310 e. The summed E-state index contributed by atoms with van der Waals surface area (Å²) in [6.07, 6.45) is 1.08. The van der Waals surface area contributed by atoms with Gasteiger partial charge in [-0.25, -0.2) is 4.39 Å². The molecule has 0 amide bonds. The molecule has 0 saturated heterocycles. The molecule has 1 aromatic carbocycles. The molecule has 2 rings (SSSR count). The summed E-state index contributed by atoms with van der Waals surface area (Å²) >= 11 is 0. The van der Waals surface area contributed by atoms with Crippen molar-refractivity contribution in [3.63, 3.8) is 0 Å². The second kappa shape index (κ2) is 6.39. The third-order valence-corrected chi connectivity index (χ3v) is 3.97. The molecular formula is C17H24FN3. The molecule has 0 aliphatic carbocycles. The van der Waals surface area contributed by atoms with E-state index in [1.54, 1.807) is 10.7 Å². The van der Waals surface area contributed by atoms with Crippen LogP contribution in [0, 0.1) is 19.7 Å². The molecule has 1 heterocycles. The van der Waals surface area contributed by atoms with Gasteiger partial charge in [0, 0.05) is 29.9 Å². The predicted molar refractivity (Wildman–Crippen MR) is 84.8 cm³/mol. The zero-order valence-electron chi connectivity index (χ0n) is 13.5. The Morgan fingerprint density at radius 1 is 1.33 bits per heavy atom. The van der Waals surface area contributed by atoms with Crippen molar-refractivity contribution in [2.45, 2.75) is 40.2 Å². The molecule has 0 aliphatic heterocycles. The molecule has 0 bridgehead atoms. The van der Waals surface area contributed by atoms with Gasteiger partial charge in [-0.05, 0) is 51.4 Å². The second-order valence-electron chi connectivity index (χ2n) is 5.58. The molecular weight excluding hydrogens is 265 g/mol. The van der Waals surface area contributed by atoms with Crippen molar-refractivity contribution in [1.29, 1.82) is 0 Å². The van der Waals surface area contributed by atoms with Crippen LogP contribution in [0.5, 0.6) is 0 Å². The number of halogens is 1. The van der Waals surface area contributed by atoms with E-state index in [4.69, 9.17) is 0 Å². The molecule has 1 N–H and O–H groups in total. The van der Waals surface area contributed by atoms with Gasteiger partial charge in [-0.3, -0.25) is 4.68 Å². The van der Waals surface area contributed by atoms with Crippen LogP contribution in [0.25, 0.3) is 11.1 Å². The summed E-state index contributed by atoms with van der Waals surface area (Å²) in [6, 6.07) is 5.56. The number of aryl methyl sites for hydroxylation is 2. The van der Waals surface area contributed by atoms with E-state index in [-0.39, 0.29) is 11.9 Å². The molecule has 1 unspecified atom stereocenters. The van der Waals surface area contributed by atoms with Crippen molar-refractivity contribution in [3.05, 3.63) is 41.0 Å². The zero-order valence-corrected chi connectivity index (χ0v) is 13.5. The van der Waals surface area contributed by atoms with Gasteiger partial charge in [-0.1, -0.05) is 13.0 Å². The van der Waals surface area contributed by atoms with E-state index < -0.39 is 0 Å². The Morgan fingerprint density at radius 2 is 2.05 bits per heavy atom. The van der Waals surface area contributed by atoms with Gasteiger partial charge in [0.05, 0.1) is 5.69 Å². The largest absolute Gasteiger partial charge is 0.310 e. The van der Waals surface area contributed by atoms with Crippen molar-refractivity contribution in [1.82, 2.24) is 15.1 Å². The summed E-state index contributed by atoms with van der Waals surface area (Å²) in [4.78, 5) is 0. The lowest BCUT2D eigenvalue weighted by Gasteiger charge is -2.15. The fourth-order valence-electron chi connectivity index (χ4n) is 2.65. The summed E-state index contributed by atoms with van der Waals surface area (Å²) in [6.45, 7) is 9.10. The third kappa shape index (κ3) is 3.16. The maximum absolute atomic E-state index is 14.3. The number of hydrogen-bond acceptors (Lipinski definition) is 2. The Kier molecular flexibility index (Phi) is 4.78. The lowest BCUT2D eigenvalue weighted by atomic mass is 9.98. The standard InChI is InChI=1S/C17H24FN3/c1-6-9-19-11(2)14-7-8-16(18)15(10-14)17-12(3)20-21(5)13(17)4/h7-8,10-11,19H,6,9H2,1-5H3. The first-order valence-corrected chi connectivity index (χ1v) is 7.49. The molecule has 21 heavy (non-hydrogen) atoms. The Balaban J connectivity index is 2.44. The van der Waals surface area contributed by atoms with Crippen LogP contribution < -0.4 is 5.32 Å². The number of rotatable bonds is 5. The first kappa shape index (κ1) is 15.7. The average molecular weight is 289 g/mol. The van der Waals surface area contributed by atoms with Crippen molar-refractivity contribution >= 4 is 0 Å². The van der Waals surface area contributed by atoms with Gasteiger partial charge in [-0.15, -0.1) is 0 Å². The highest BCUT2D eigenvalue weighted by Crippen LogP contribution is 2.31. The highest BCUT2D eigenvalue weighted by atomic mass is 19.1. The smallest absolute Gasteiger partial charge is 0.131 e. The summed E-state index contributed by atoms with van der Waals surface area (Å²) in [5.74, 6) is -0.194. The normalized spacial score (nSPS) is 12.7. The number of nitrogens with zero attached hydrogens (tertiary/aromatic N) is 2. The lowest BCUT2D eigenvalue weighted by Crippen LogP contribution is -2.19. The molecule has 0 fully saturated rings. The topological polar surface area (TPSA) is 29.9 Å². The zero-order chi connectivity index (χ0) is 15.6. The fourth-order valence-corrected chi connectivity index (χ4v) is 2.65. The summed E-state index contributed by atoms with van der Waals surface area (Å²) in [5.41, 5.74) is 4.49. The SMILES string of the molecule is CCCNC(C)c1ccc(F)c(-c2c(C)nn(C)c2C)c1. The van der Waals surface area contributed by atoms with Gasteiger partial charge in [0.2, 0.25) is 0 Å². The van der Waals surface area contributed by atoms with E-state index in [2.05, 4.69) is 24.3 Å². The molecule has 0 saturated carbocycles. The van der Waals surface area contributed by atoms with Gasteiger partial charge in [-0.2, -0.15) is 5.10 Å². The molecule has 114 valence electrons. The minimum atomic E-state index is -0.194. The average Bonchev–Trinajstić information content (AvgIpc) is 2.70. The van der Waals surface area contributed by atoms with E-state index >= 15 is 0 Å². The van der Waals surface area contributed by atoms with Crippen LogP contribution in [0.15, 0.2) is 18.2 Å². The van der Waals surface area contributed by atoms with E-state index in [0.29, 0.717) is 5.56 Å². The van der Waals surface area contributed by atoms with E-state index in [0.717, 1.165) is 35.5 Å². The maximum Gasteiger partial charge on any atom is 0.131 e. The van der Waals surface area contributed by atoms with E-state index in [1.165, 1.54) is 0 Å². The summed E-state index contributed by atoms with van der Waals surface area (Å²) in [5, 5.41) is 7.82. The first-order chi connectivity index (χ1) is 9.95. The van der Waals surface area contributed by atoms with Crippen molar-refractivity contribution in [2.24, 2.45) is 7.05 Å². The van der Waals surface area contributed by atoms with Gasteiger partial charge >= 0.3 is 0 Å². The molecule has 4 heteroatoms. The molecule has 0 radical (unpaired) electrons. The number of hydrogen-bond donors (Lipinski definition) is 1. The van der Waals surface area contributed by atoms with Crippen LogP contribution in [-0.2, 0) is 7.05 Å². The van der Waals surface area contributed by atoms with Crippen LogP contribution in [0.3, 0.4) is 0 Å². The molecule has 0 aliphatic rings. The Labute approximate surface area is 126 Å². The van der Waals surface area contributed by atoms with Gasteiger partial charge < -0.3 is 5.32 Å². The molecule has 3 nitrogen and oxygen atoms in total. The molecule has 0 spiro atoms. The predicted octanol–water partition coefficient (Wildman–Crippen LogP) is 3.90. The maximum atomic E-state index is 14.3. The molecule has 2 aromatic rings. The first-order valence-electron chi connectivity index (χ1n) is 7.49. The van der Waals surface area contributed by atoms with Crippen molar-refractivity contribution in [3.8, 4) is 11.1 Å². The van der Waals surface area contributed by atoms with Crippen LogP contribution in [0.1, 0.15) is 43.3 Å². The number of benzene rings is 1. The van der Waals surface area contributed by atoms with Gasteiger partial charge in [0.25, 0.3) is 0 Å². The minimum absolute atomic E-state index is 0.194. The molecule has 1 atom stereocenters. The lowest BCUT2D eigenvalue weighted by molar-refractivity contribution is 0.568. The fraction of sp³-hybridized carbons (Fsp3) is 0.471. The quantitative estimate of drug-likeness (QED) is 0.904. The van der Waals surface area contributed by atoms with Crippen LogP contribution in [0.4, 0.5) is 4.39 Å². The Morgan fingerprint density at radius 3 is 2.62 bits per heavy atom. The highest BCUT2D eigenvalue weighted by molar-refractivity contribution is 5.69. The highest BCUT2D eigenvalue weighted by Gasteiger charge is 2.17. The monoisotopic (exact) mass is 289 g/mol. The Bertz CT molecular complexity index is 631. The third-order valence-electron chi connectivity index (χ3n) is 3.97. The Hall–Kier alpha value is -1.68. The van der Waals surface area contributed by atoms with Crippen LogP contribution in [-0.4, -0.2) is 16.3 Å². The summed E-state index contributed by atoms with van der Waals surface area (Å²) in [7, 11) is 1.89. The number of aromatic nitrogens is 2. The van der Waals surface area contributed by atoms with Crippen LogP contribution >= 0.6 is 0 Å². The molecule has 1 aromatic heterocycles. The second-order valence-corrected chi connectivity index (χ2v) is 5.58. The van der Waals surface area contributed by atoms with E-state index in [9.17, 15) is 4.39 Å². The van der Waals surface area contributed by atoms with Crippen molar-refractivity contribution < 1.29 is 4.39 Å². The number of nitrogens with one attached hydrogen (secondary N) is 1. The van der Waals surface area contributed by atoms with Gasteiger partial charge in [0.1, 0.15) is 5.82 Å². The van der Waals surface area contributed by atoms with Crippen molar-refractivity contribution in [2.75, 3.05) is 6.54 Å². The van der Waals surface area contributed by atoms with Gasteiger partial charge in [0.15, 0.2) is 0 Å². The van der Waals surface area contributed by atoms with Crippen LogP contribution in [0.2, 0.25) is 0 Å². The summed E-state index contributed by atoms with van der Waals surface area (Å²) < 4.78 is 16.1. The van der Waals surface area contributed by atoms with E-state index in [1.807, 2.05) is 33.0 Å².